The van der Waals surface area contributed by atoms with Crippen molar-refractivity contribution in [3.8, 4) is 11.4 Å². The number of aryl methyl sites for hydroxylation is 1. The lowest BCUT2D eigenvalue weighted by Gasteiger charge is -2.11. The molecule has 0 unspecified atom stereocenters. The van der Waals surface area contributed by atoms with E-state index in [0.29, 0.717) is 0 Å². The maximum atomic E-state index is 4.70. The highest BCUT2D eigenvalue weighted by Gasteiger charge is 2.10. The molecule has 3 nitrogen and oxygen atoms in total. The molecule has 0 saturated heterocycles. The first-order valence-electron chi connectivity index (χ1n) is 6.86. The monoisotopic (exact) mass is 263 g/mol. The fraction of sp³-hybridized carbons (Fsp3) is 0.176. The van der Waals surface area contributed by atoms with Crippen LogP contribution in [0.15, 0.2) is 48.5 Å². The second-order valence-corrected chi connectivity index (χ2v) is 4.76. The van der Waals surface area contributed by atoms with E-state index in [2.05, 4.69) is 25.2 Å². The summed E-state index contributed by atoms with van der Waals surface area (Å²) >= 11 is 0. The van der Waals surface area contributed by atoms with Crippen molar-refractivity contribution < 1.29 is 0 Å². The van der Waals surface area contributed by atoms with Gasteiger partial charge < -0.3 is 5.32 Å². The van der Waals surface area contributed by atoms with Gasteiger partial charge in [0.1, 0.15) is 5.82 Å². The summed E-state index contributed by atoms with van der Waals surface area (Å²) in [5.74, 6) is 1.68. The SMILES string of the molecule is CCNc1nc(-c2ccccc2)nc2cccc(C)c12. The number of rotatable bonds is 3. The van der Waals surface area contributed by atoms with Crippen LogP contribution in [0.25, 0.3) is 22.3 Å². The lowest BCUT2D eigenvalue weighted by atomic mass is 10.1. The van der Waals surface area contributed by atoms with Crippen LogP contribution >= 0.6 is 0 Å². The van der Waals surface area contributed by atoms with Crippen LogP contribution < -0.4 is 5.32 Å². The van der Waals surface area contributed by atoms with Crippen molar-refractivity contribution in [1.82, 2.24) is 9.97 Å². The van der Waals surface area contributed by atoms with Gasteiger partial charge in [-0.15, -0.1) is 0 Å². The van der Waals surface area contributed by atoms with Gasteiger partial charge >= 0.3 is 0 Å². The fourth-order valence-electron chi connectivity index (χ4n) is 2.37. The van der Waals surface area contributed by atoms with E-state index < -0.39 is 0 Å². The molecule has 0 spiro atoms. The first kappa shape index (κ1) is 12.6. The zero-order chi connectivity index (χ0) is 13.9. The number of anilines is 1. The molecule has 0 fully saturated rings. The van der Waals surface area contributed by atoms with Crippen LogP contribution in [0.1, 0.15) is 12.5 Å². The van der Waals surface area contributed by atoms with Crippen molar-refractivity contribution in [2.75, 3.05) is 11.9 Å². The normalized spacial score (nSPS) is 10.7. The molecule has 0 aliphatic carbocycles. The second-order valence-electron chi connectivity index (χ2n) is 4.76. The Kier molecular flexibility index (Phi) is 3.33. The number of aromatic nitrogens is 2. The molecule has 0 amide bonds. The largest absolute Gasteiger partial charge is 0.370 e. The number of nitrogens with one attached hydrogen (secondary N) is 1. The molecule has 1 heterocycles. The van der Waals surface area contributed by atoms with Crippen LogP contribution in [0.4, 0.5) is 5.82 Å². The van der Waals surface area contributed by atoms with Gasteiger partial charge in [-0.3, -0.25) is 0 Å². The minimum absolute atomic E-state index is 0.764. The standard InChI is InChI=1S/C17H17N3/c1-3-18-17-15-12(2)8-7-11-14(15)19-16(20-17)13-9-5-4-6-10-13/h4-11H,3H2,1-2H3,(H,18,19,20). The molecule has 0 bridgehead atoms. The van der Waals surface area contributed by atoms with E-state index in [1.165, 1.54) is 5.56 Å². The number of benzene rings is 2. The first-order valence-corrected chi connectivity index (χ1v) is 6.86. The predicted octanol–water partition coefficient (Wildman–Crippen LogP) is 4.04. The van der Waals surface area contributed by atoms with Gasteiger partial charge in [-0.25, -0.2) is 9.97 Å². The predicted molar refractivity (Wildman–Crippen MR) is 83.9 cm³/mol. The number of nitrogens with zero attached hydrogens (tertiary/aromatic N) is 2. The number of hydrogen-bond donors (Lipinski definition) is 1. The van der Waals surface area contributed by atoms with Crippen LogP contribution in [0.2, 0.25) is 0 Å². The third kappa shape index (κ3) is 2.23. The highest BCUT2D eigenvalue weighted by molar-refractivity contribution is 5.93. The van der Waals surface area contributed by atoms with Gasteiger partial charge in [0.15, 0.2) is 5.82 Å². The molecule has 0 aliphatic rings. The summed E-state index contributed by atoms with van der Waals surface area (Å²) < 4.78 is 0. The Balaban J connectivity index is 2.26. The molecule has 1 N–H and O–H groups in total. The third-order valence-corrected chi connectivity index (χ3v) is 3.31. The average molecular weight is 263 g/mol. The van der Waals surface area contributed by atoms with Gasteiger partial charge in [0, 0.05) is 17.5 Å². The lowest BCUT2D eigenvalue weighted by molar-refractivity contribution is 1.14. The van der Waals surface area contributed by atoms with Crippen LogP contribution in [0, 0.1) is 6.92 Å². The van der Waals surface area contributed by atoms with E-state index in [-0.39, 0.29) is 0 Å². The molecular weight excluding hydrogens is 246 g/mol. The lowest BCUT2D eigenvalue weighted by Crippen LogP contribution is -2.03. The van der Waals surface area contributed by atoms with Gasteiger partial charge in [0.25, 0.3) is 0 Å². The van der Waals surface area contributed by atoms with Crippen molar-refractivity contribution >= 4 is 16.7 Å². The quantitative estimate of drug-likeness (QED) is 0.775. The Hall–Kier alpha value is -2.42. The molecule has 3 rings (SSSR count). The maximum Gasteiger partial charge on any atom is 0.162 e. The summed E-state index contributed by atoms with van der Waals surface area (Å²) in [6.45, 7) is 5.01. The molecule has 100 valence electrons. The van der Waals surface area contributed by atoms with Crippen molar-refractivity contribution in [1.29, 1.82) is 0 Å². The van der Waals surface area contributed by atoms with Crippen molar-refractivity contribution in [3.05, 3.63) is 54.1 Å². The Morgan fingerprint density at radius 3 is 2.50 bits per heavy atom. The van der Waals surface area contributed by atoms with Crippen molar-refractivity contribution in [3.63, 3.8) is 0 Å². The first-order chi connectivity index (χ1) is 9.79. The number of fused-ring (bicyclic) bond motifs is 1. The molecule has 0 radical (unpaired) electrons. The van der Waals surface area contributed by atoms with E-state index >= 15 is 0 Å². The summed E-state index contributed by atoms with van der Waals surface area (Å²) in [7, 11) is 0. The summed E-state index contributed by atoms with van der Waals surface area (Å²) in [6, 6.07) is 16.2. The zero-order valence-electron chi connectivity index (χ0n) is 11.7. The van der Waals surface area contributed by atoms with E-state index in [1.54, 1.807) is 0 Å². The van der Waals surface area contributed by atoms with Crippen molar-refractivity contribution in [2.45, 2.75) is 13.8 Å². The van der Waals surface area contributed by atoms with E-state index in [1.807, 2.05) is 42.5 Å². The van der Waals surface area contributed by atoms with Crippen LogP contribution in [0.3, 0.4) is 0 Å². The Bertz CT molecular complexity index is 736. The van der Waals surface area contributed by atoms with Gasteiger partial charge in [-0.05, 0) is 25.5 Å². The summed E-state index contributed by atoms with van der Waals surface area (Å²) in [4.78, 5) is 9.40. The maximum absolute atomic E-state index is 4.70. The second kappa shape index (κ2) is 5.29. The van der Waals surface area contributed by atoms with Gasteiger partial charge in [-0.1, -0.05) is 42.5 Å². The van der Waals surface area contributed by atoms with Crippen LogP contribution in [0.5, 0.6) is 0 Å². The smallest absolute Gasteiger partial charge is 0.162 e. The summed E-state index contributed by atoms with van der Waals surface area (Å²) in [5.41, 5.74) is 3.21. The Morgan fingerprint density at radius 1 is 0.950 bits per heavy atom. The molecular formula is C17H17N3. The molecule has 3 aromatic rings. The minimum atomic E-state index is 0.764. The Labute approximate surface area is 118 Å². The topological polar surface area (TPSA) is 37.8 Å². The van der Waals surface area contributed by atoms with Gasteiger partial charge in [0.05, 0.1) is 5.52 Å². The third-order valence-electron chi connectivity index (χ3n) is 3.31. The highest BCUT2D eigenvalue weighted by atomic mass is 15.0. The van der Waals surface area contributed by atoms with E-state index in [4.69, 9.17) is 9.97 Å². The van der Waals surface area contributed by atoms with E-state index in [9.17, 15) is 0 Å². The average Bonchev–Trinajstić information content (AvgIpc) is 2.48. The molecule has 0 aliphatic heterocycles. The minimum Gasteiger partial charge on any atom is -0.370 e. The fourth-order valence-corrected chi connectivity index (χ4v) is 2.37. The molecule has 3 heteroatoms. The summed E-state index contributed by atoms with van der Waals surface area (Å²) in [5, 5.41) is 4.46. The molecule has 0 saturated carbocycles. The molecule has 20 heavy (non-hydrogen) atoms. The van der Waals surface area contributed by atoms with Crippen molar-refractivity contribution in [2.24, 2.45) is 0 Å². The molecule has 2 aromatic carbocycles. The van der Waals surface area contributed by atoms with E-state index in [0.717, 1.165) is 34.7 Å². The Morgan fingerprint density at radius 2 is 1.75 bits per heavy atom. The molecule has 0 atom stereocenters. The van der Waals surface area contributed by atoms with Gasteiger partial charge in [-0.2, -0.15) is 0 Å². The van der Waals surface area contributed by atoms with Gasteiger partial charge in [0.2, 0.25) is 0 Å². The zero-order valence-corrected chi connectivity index (χ0v) is 11.7. The number of hydrogen-bond acceptors (Lipinski definition) is 3. The van der Waals surface area contributed by atoms with Crippen LogP contribution in [-0.2, 0) is 0 Å². The summed E-state index contributed by atoms with van der Waals surface area (Å²) in [6.07, 6.45) is 0. The highest BCUT2D eigenvalue weighted by Crippen LogP contribution is 2.27. The molecule has 1 aromatic heterocycles. The van der Waals surface area contributed by atoms with Crippen LogP contribution in [-0.4, -0.2) is 16.5 Å².